The van der Waals surface area contributed by atoms with Crippen LogP contribution in [-0.2, 0) is 0 Å². The maximum Gasteiger partial charge on any atom is 0.0566 e. The summed E-state index contributed by atoms with van der Waals surface area (Å²) < 4.78 is 0. The molecule has 0 aliphatic rings. The van der Waals surface area contributed by atoms with Gasteiger partial charge in [-0.3, -0.25) is 0 Å². The first-order valence-electron chi connectivity index (χ1n) is 3.01. The highest BCUT2D eigenvalue weighted by Crippen LogP contribution is 1.88. The Balaban J connectivity index is 3.33. The molecule has 0 aromatic carbocycles. The van der Waals surface area contributed by atoms with Crippen LogP contribution in [0, 0.1) is 17.8 Å². The number of thiol groups is 1. The van der Waals surface area contributed by atoms with Crippen molar-refractivity contribution in [1.29, 1.82) is 0 Å². The number of aliphatic hydroxyl groups excluding tert-OH is 1. The third-order valence-corrected chi connectivity index (χ3v) is 1.08. The van der Waals surface area contributed by atoms with Crippen molar-refractivity contribution in [3.05, 3.63) is 0 Å². The van der Waals surface area contributed by atoms with Crippen LogP contribution >= 0.6 is 12.6 Å². The van der Waals surface area contributed by atoms with Gasteiger partial charge in [-0.05, 0) is 6.92 Å². The van der Waals surface area contributed by atoms with Crippen LogP contribution < -0.4 is 0 Å². The van der Waals surface area contributed by atoms with E-state index in [4.69, 9.17) is 5.11 Å². The molecule has 1 nitrogen and oxygen atoms in total. The molecule has 0 aliphatic carbocycles. The maximum atomic E-state index is 8.51. The first-order valence-corrected chi connectivity index (χ1v) is 3.64. The highest BCUT2D eigenvalue weighted by Gasteiger charge is 1.88. The number of hydrogen-bond donors (Lipinski definition) is 2. The van der Waals surface area contributed by atoms with Crippen molar-refractivity contribution in [2.75, 3.05) is 12.4 Å². The number of hydrogen-bond acceptors (Lipinski definition) is 2. The maximum absolute atomic E-state index is 8.51. The Hall–Kier alpha value is -0.130. The van der Waals surface area contributed by atoms with E-state index in [2.05, 4.69) is 24.5 Å². The average molecular weight is 144 g/mol. The predicted octanol–water partition coefficient (Wildman–Crippen LogP) is 0.938. The van der Waals surface area contributed by atoms with Gasteiger partial charge in [0, 0.05) is 18.1 Å². The summed E-state index contributed by atoms with van der Waals surface area (Å²) in [5.74, 6) is 6.70. The van der Waals surface area contributed by atoms with Crippen LogP contribution in [0.3, 0.4) is 0 Å². The van der Waals surface area contributed by atoms with Gasteiger partial charge in [0.25, 0.3) is 0 Å². The van der Waals surface area contributed by atoms with E-state index in [-0.39, 0.29) is 12.5 Å². The van der Waals surface area contributed by atoms with E-state index in [9.17, 15) is 0 Å². The van der Waals surface area contributed by atoms with E-state index in [1.54, 1.807) is 0 Å². The van der Waals surface area contributed by atoms with Gasteiger partial charge >= 0.3 is 0 Å². The van der Waals surface area contributed by atoms with Crippen LogP contribution in [0.4, 0.5) is 0 Å². The Bertz CT molecular complexity index is 112. The molecule has 0 aliphatic heterocycles. The number of aliphatic hydroxyl groups is 1. The monoisotopic (exact) mass is 144 g/mol. The van der Waals surface area contributed by atoms with Crippen LogP contribution in [0.2, 0.25) is 0 Å². The van der Waals surface area contributed by atoms with Crippen molar-refractivity contribution in [3.63, 3.8) is 0 Å². The molecule has 0 saturated heterocycles. The summed E-state index contributed by atoms with van der Waals surface area (Å²) in [4.78, 5) is 0. The van der Waals surface area contributed by atoms with Gasteiger partial charge in [0.2, 0.25) is 0 Å². The first kappa shape index (κ1) is 8.87. The molecule has 1 atom stereocenters. The molecule has 0 radical (unpaired) electrons. The minimum Gasteiger partial charge on any atom is -0.395 e. The van der Waals surface area contributed by atoms with Gasteiger partial charge in [0.15, 0.2) is 0 Å². The molecule has 0 rings (SSSR count). The zero-order chi connectivity index (χ0) is 7.11. The molecule has 1 unspecified atom stereocenters. The molecule has 52 valence electrons. The largest absolute Gasteiger partial charge is 0.395 e. The highest BCUT2D eigenvalue weighted by molar-refractivity contribution is 7.80. The van der Waals surface area contributed by atoms with E-state index < -0.39 is 0 Å². The van der Waals surface area contributed by atoms with Crippen LogP contribution in [-0.4, -0.2) is 17.5 Å². The molecular weight excluding hydrogens is 132 g/mol. The summed E-state index contributed by atoms with van der Waals surface area (Å²) in [6, 6.07) is 0. The van der Waals surface area contributed by atoms with Gasteiger partial charge in [-0.25, -0.2) is 0 Å². The van der Waals surface area contributed by atoms with Crippen molar-refractivity contribution >= 4 is 12.6 Å². The molecule has 0 fully saturated rings. The minimum absolute atomic E-state index is 0.116. The van der Waals surface area contributed by atoms with Crippen LogP contribution in [0.5, 0.6) is 0 Å². The van der Waals surface area contributed by atoms with Gasteiger partial charge in [0.1, 0.15) is 0 Å². The molecule has 0 aromatic rings. The van der Waals surface area contributed by atoms with Gasteiger partial charge in [0.05, 0.1) is 6.61 Å². The molecule has 1 N–H and O–H groups in total. The van der Waals surface area contributed by atoms with Crippen LogP contribution in [0.25, 0.3) is 0 Å². The van der Waals surface area contributed by atoms with Crippen LogP contribution in [0.15, 0.2) is 0 Å². The summed E-state index contributed by atoms with van der Waals surface area (Å²) in [6.45, 7) is 2.05. The lowest BCUT2D eigenvalue weighted by Crippen LogP contribution is -1.95. The lowest BCUT2D eigenvalue weighted by Gasteiger charge is -1.92. The van der Waals surface area contributed by atoms with Gasteiger partial charge < -0.3 is 5.11 Å². The van der Waals surface area contributed by atoms with Crippen molar-refractivity contribution in [2.45, 2.75) is 13.3 Å². The smallest absolute Gasteiger partial charge is 0.0566 e. The SMILES string of the molecule is CC(C#CCCS)CO. The summed E-state index contributed by atoms with van der Waals surface area (Å²) >= 11 is 3.99. The molecule has 9 heavy (non-hydrogen) atoms. The molecule has 0 heterocycles. The minimum atomic E-state index is 0.116. The zero-order valence-electron chi connectivity index (χ0n) is 5.59. The second-order valence-electron chi connectivity index (χ2n) is 1.88. The third kappa shape index (κ3) is 5.75. The van der Waals surface area contributed by atoms with E-state index in [0.29, 0.717) is 0 Å². The van der Waals surface area contributed by atoms with Crippen LogP contribution in [0.1, 0.15) is 13.3 Å². The molecule has 0 spiro atoms. The Morgan fingerprint density at radius 3 is 2.78 bits per heavy atom. The fourth-order valence-corrected chi connectivity index (χ4v) is 0.460. The molecule has 0 saturated carbocycles. The van der Waals surface area contributed by atoms with Gasteiger partial charge in [-0.15, -0.1) is 5.92 Å². The number of rotatable bonds is 2. The quantitative estimate of drug-likeness (QED) is 0.436. The fraction of sp³-hybridized carbons (Fsp3) is 0.714. The second-order valence-corrected chi connectivity index (χ2v) is 2.33. The van der Waals surface area contributed by atoms with Crippen molar-refractivity contribution < 1.29 is 5.11 Å². The molecule has 0 amide bonds. The van der Waals surface area contributed by atoms with E-state index in [0.717, 1.165) is 12.2 Å². The van der Waals surface area contributed by atoms with Crippen molar-refractivity contribution in [2.24, 2.45) is 5.92 Å². The Morgan fingerprint density at radius 2 is 2.33 bits per heavy atom. The zero-order valence-corrected chi connectivity index (χ0v) is 6.49. The molecular formula is C7H12OS. The standard InChI is InChI=1S/C7H12OS/c1-7(6-8)4-2-3-5-9/h7-9H,3,5-6H2,1H3. The third-order valence-electron chi connectivity index (χ3n) is 0.859. The van der Waals surface area contributed by atoms with Gasteiger partial charge in [-0.1, -0.05) is 5.92 Å². The highest BCUT2D eigenvalue weighted by atomic mass is 32.1. The summed E-state index contributed by atoms with van der Waals surface area (Å²) in [6.07, 6.45) is 0.813. The predicted molar refractivity (Wildman–Crippen MR) is 42.5 cm³/mol. The Morgan fingerprint density at radius 1 is 1.67 bits per heavy atom. The van der Waals surface area contributed by atoms with E-state index in [1.165, 1.54) is 0 Å². The average Bonchev–Trinajstić information content (AvgIpc) is 1.89. The van der Waals surface area contributed by atoms with Gasteiger partial charge in [-0.2, -0.15) is 12.6 Å². The summed E-state index contributed by atoms with van der Waals surface area (Å²) in [7, 11) is 0. The lowest BCUT2D eigenvalue weighted by atomic mass is 10.2. The molecule has 2 heteroatoms. The Labute approximate surface area is 61.9 Å². The topological polar surface area (TPSA) is 20.2 Å². The van der Waals surface area contributed by atoms with Crippen molar-refractivity contribution in [3.8, 4) is 11.8 Å². The lowest BCUT2D eigenvalue weighted by molar-refractivity contribution is 0.266. The van der Waals surface area contributed by atoms with E-state index >= 15 is 0 Å². The fourth-order valence-electron chi connectivity index (χ4n) is 0.348. The normalized spacial score (nSPS) is 11.9. The van der Waals surface area contributed by atoms with E-state index in [1.807, 2.05) is 6.92 Å². The molecule has 0 bridgehead atoms. The Kier molecular flexibility index (Phi) is 5.91. The first-order chi connectivity index (χ1) is 4.31. The van der Waals surface area contributed by atoms with Crippen molar-refractivity contribution in [1.82, 2.24) is 0 Å². The summed E-state index contributed by atoms with van der Waals surface area (Å²) in [5, 5.41) is 8.51. The molecule has 0 aromatic heterocycles. The summed E-state index contributed by atoms with van der Waals surface area (Å²) in [5.41, 5.74) is 0. The second kappa shape index (κ2) is 6.00.